The molecule has 3 aromatic rings. The van der Waals surface area contributed by atoms with Crippen LogP contribution >= 0.6 is 0 Å². The van der Waals surface area contributed by atoms with Crippen LogP contribution in [0.2, 0.25) is 0 Å². The summed E-state index contributed by atoms with van der Waals surface area (Å²) in [7, 11) is 1.64. The highest BCUT2D eigenvalue weighted by molar-refractivity contribution is 5.94. The normalized spacial score (nSPS) is 20.5. The molecule has 2 heterocycles. The number of amides is 1. The van der Waals surface area contributed by atoms with Crippen LogP contribution in [0, 0.1) is 19.8 Å². The summed E-state index contributed by atoms with van der Waals surface area (Å²) in [4.78, 5) is 17.7. The van der Waals surface area contributed by atoms with Crippen LogP contribution in [-0.2, 0) is 4.79 Å². The van der Waals surface area contributed by atoms with Gasteiger partial charge in [0.15, 0.2) is 0 Å². The van der Waals surface area contributed by atoms with Gasteiger partial charge in [-0.15, -0.1) is 0 Å². The lowest BCUT2D eigenvalue weighted by molar-refractivity contribution is -0.121. The maximum atomic E-state index is 13.4. The SMILES string of the molecule is COc1ccc(C2C(C(=O)Nc3ccc(C)cc3C)C(C)Nc3ncnn32)cc1. The molecule has 1 aromatic heterocycles. The molecule has 0 radical (unpaired) electrons. The summed E-state index contributed by atoms with van der Waals surface area (Å²) in [5.74, 6) is 0.997. The minimum atomic E-state index is -0.377. The molecule has 0 bridgehead atoms. The number of aryl methyl sites for hydroxylation is 2. The molecule has 0 saturated carbocycles. The van der Waals surface area contributed by atoms with Crippen molar-refractivity contribution in [3.05, 3.63) is 65.5 Å². The molecule has 2 aromatic carbocycles. The fraction of sp³-hybridized carbons (Fsp3) is 0.318. The van der Waals surface area contributed by atoms with Crippen LogP contribution in [0.3, 0.4) is 0 Å². The molecule has 1 amide bonds. The summed E-state index contributed by atoms with van der Waals surface area (Å²) in [5, 5.41) is 10.8. The smallest absolute Gasteiger partial charge is 0.232 e. The van der Waals surface area contributed by atoms with Crippen LogP contribution in [0.5, 0.6) is 5.75 Å². The minimum absolute atomic E-state index is 0.0566. The van der Waals surface area contributed by atoms with Gasteiger partial charge in [-0.05, 0) is 50.1 Å². The highest BCUT2D eigenvalue weighted by Gasteiger charge is 2.41. The van der Waals surface area contributed by atoms with Crippen molar-refractivity contribution in [2.45, 2.75) is 32.9 Å². The Morgan fingerprint density at radius 3 is 2.62 bits per heavy atom. The molecule has 2 N–H and O–H groups in total. The number of ether oxygens (including phenoxy) is 1. The number of carbonyl (C=O) groups is 1. The summed E-state index contributed by atoms with van der Waals surface area (Å²) >= 11 is 0. The zero-order valence-corrected chi connectivity index (χ0v) is 17.0. The van der Waals surface area contributed by atoms with Gasteiger partial charge < -0.3 is 15.4 Å². The first-order valence-electron chi connectivity index (χ1n) is 9.66. The Bertz CT molecular complexity index is 1030. The number of aromatic nitrogens is 3. The molecule has 1 aliphatic heterocycles. The average Bonchev–Trinajstić information content (AvgIpc) is 3.17. The van der Waals surface area contributed by atoms with Gasteiger partial charge in [0.2, 0.25) is 11.9 Å². The van der Waals surface area contributed by atoms with Gasteiger partial charge in [-0.3, -0.25) is 4.79 Å². The number of carbonyl (C=O) groups excluding carboxylic acids is 1. The van der Waals surface area contributed by atoms with Crippen molar-refractivity contribution in [2.75, 3.05) is 17.7 Å². The Kier molecular flexibility index (Phi) is 4.96. The van der Waals surface area contributed by atoms with Gasteiger partial charge >= 0.3 is 0 Å². The Balaban J connectivity index is 1.71. The fourth-order valence-corrected chi connectivity index (χ4v) is 3.97. The van der Waals surface area contributed by atoms with E-state index in [0.717, 1.165) is 28.1 Å². The van der Waals surface area contributed by atoms with E-state index in [2.05, 4.69) is 26.8 Å². The van der Waals surface area contributed by atoms with Crippen molar-refractivity contribution < 1.29 is 9.53 Å². The monoisotopic (exact) mass is 391 g/mol. The second-order valence-electron chi connectivity index (χ2n) is 7.51. The van der Waals surface area contributed by atoms with Crippen molar-refractivity contribution >= 4 is 17.5 Å². The van der Waals surface area contributed by atoms with E-state index < -0.39 is 0 Å². The lowest BCUT2D eigenvalue weighted by atomic mass is 9.85. The van der Waals surface area contributed by atoms with E-state index in [0.29, 0.717) is 5.95 Å². The predicted molar refractivity (Wildman–Crippen MR) is 112 cm³/mol. The number of hydrogen-bond donors (Lipinski definition) is 2. The van der Waals surface area contributed by atoms with Crippen LogP contribution in [-0.4, -0.2) is 33.8 Å². The van der Waals surface area contributed by atoms with Crippen LogP contribution in [0.1, 0.15) is 29.7 Å². The Hall–Kier alpha value is -3.35. The van der Waals surface area contributed by atoms with Gasteiger partial charge in [0, 0.05) is 11.7 Å². The van der Waals surface area contributed by atoms with Crippen molar-refractivity contribution in [1.82, 2.24) is 14.8 Å². The Morgan fingerprint density at radius 2 is 1.93 bits per heavy atom. The molecule has 29 heavy (non-hydrogen) atoms. The van der Waals surface area contributed by atoms with E-state index in [1.54, 1.807) is 11.8 Å². The number of methoxy groups -OCH3 is 1. The number of nitrogens with zero attached hydrogens (tertiary/aromatic N) is 3. The quantitative estimate of drug-likeness (QED) is 0.711. The number of rotatable bonds is 4. The number of nitrogens with one attached hydrogen (secondary N) is 2. The topological polar surface area (TPSA) is 81.1 Å². The second kappa shape index (κ2) is 7.58. The van der Waals surface area contributed by atoms with E-state index in [1.807, 2.05) is 57.2 Å². The highest BCUT2D eigenvalue weighted by atomic mass is 16.5. The molecular weight excluding hydrogens is 366 g/mol. The van der Waals surface area contributed by atoms with E-state index in [4.69, 9.17) is 4.74 Å². The number of fused-ring (bicyclic) bond motifs is 1. The van der Waals surface area contributed by atoms with Crippen LogP contribution < -0.4 is 15.4 Å². The van der Waals surface area contributed by atoms with Crippen molar-refractivity contribution in [3.8, 4) is 5.75 Å². The first-order chi connectivity index (χ1) is 14.0. The largest absolute Gasteiger partial charge is 0.497 e. The summed E-state index contributed by atoms with van der Waals surface area (Å²) in [6, 6.07) is 13.4. The Morgan fingerprint density at radius 1 is 1.17 bits per heavy atom. The van der Waals surface area contributed by atoms with Gasteiger partial charge in [0.05, 0.1) is 19.1 Å². The molecule has 3 unspecified atom stereocenters. The van der Waals surface area contributed by atoms with Gasteiger partial charge in [-0.1, -0.05) is 29.8 Å². The van der Waals surface area contributed by atoms with E-state index in [9.17, 15) is 4.79 Å². The molecule has 0 saturated heterocycles. The van der Waals surface area contributed by atoms with E-state index in [-0.39, 0.29) is 23.9 Å². The molecule has 7 heteroatoms. The van der Waals surface area contributed by atoms with Gasteiger partial charge in [-0.25, -0.2) is 4.68 Å². The van der Waals surface area contributed by atoms with E-state index in [1.165, 1.54) is 6.33 Å². The molecule has 150 valence electrons. The van der Waals surface area contributed by atoms with Crippen molar-refractivity contribution in [1.29, 1.82) is 0 Å². The summed E-state index contributed by atoms with van der Waals surface area (Å²) in [6.07, 6.45) is 1.51. The third-order valence-electron chi connectivity index (χ3n) is 5.47. The molecule has 7 nitrogen and oxygen atoms in total. The number of hydrogen-bond acceptors (Lipinski definition) is 5. The van der Waals surface area contributed by atoms with Gasteiger partial charge in [0.1, 0.15) is 12.1 Å². The highest BCUT2D eigenvalue weighted by Crippen LogP contribution is 2.37. The Labute approximate surface area is 170 Å². The van der Waals surface area contributed by atoms with Gasteiger partial charge in [0.25, 0.3) is 0 Å². The number of benzene rings is 2. The van der Waals surface area contributed by atoms with Crippen LogP contribution in [0.25, 0.3) is 0 Å². The van der Waals surface area contributed by atoms with Gasteiger partial charge in [-0.2, -0.15) is 10.1 Å². The van der Waals surface area contributed by atoms with E-state index >= 15 is 0 Å². The molecule has 1 aliphatic rings. The summed E-state index contributed by atoms with van der Waals surface area (Å²) in [6.45, 7) is 6.04. The lowest BCUT2D eigenvalue weighted by Crippen LogP contribution is -2.46. The zero-order chi connectivity index (χ0) is 20.5. The number of anilines is 2. The summed E-state index contributed by atoms with van der Waals surface area (Å²) < 4.78 is 7.07. The molecule has 0 aliphatic carbocycles. The van der Waals surface area contributed by atoms with Crippen molar-refractivity contribution in [2.24, 2.45) is 5.92 Å². The third-order valence-corrected chi connectivity index (χ3v) is 5.47. The molecule has 0 spiro atoms. The van der Waals surface area contributed by atoms with Crippen molar-refractivity contribution in [3.63, 3.8) is 0 Å². The fourth-order valence-electron chi connectivity index (χ4n) is 3.97. The molecule has 4 rings (SSSR count). The van der Waals surface area contributed by atoms with Crippen LogP contribution in [0.15, 0.2) is 48.8 Å². The zero-order valence-electron chi connectivity index (χ0n) is 17.0. The average molecular weight is 391 g/mol. The van der Waals surface area contributed by atoms with Crippen LogP contribution in [0.4, 0.5) is 11.6 Å². The molecular formula is C22H25N5O2. The second-order valence-corrected chi connectivity index (χ2v) is 7.51. The standard InChI is InChI=1S/C22H25N5O2/c1-13-5-10-18(14(2)11-13)26-21(28)19-15(3)25-22-23-12-24-27(22)20(19)16-6-8-17(29-4)9-7-16/h5-12,15,19-20H,1-4H3,(H,26,28)(H,23,24,25). The maximum Gasteiger partial charge on any atom is 0.232 e. The predicted octanol–water partition coefficient (Wildman–Crippen LogP) is 3.56. The first-order valence-corrected chi connectivity index (χ1v) is 9.66. The maximum absolute atomic E-state index is 13.4. The first kappa shape index (κ1) is 19.0. The minimum Gasteiger partial charge on any atom is -0.497 e. The molecule has 3 atom stereocenters. The third kappa shape index (κ3) is 3.55. The molecule has 0 fully saturated rings. The summed E-state index contributed by atoms with van der Waals surface area (Å²) in [5.41, 5.74) is 4.01. The lowest BCUT2D eigenvalue weighted by Gasteiger charge is -2.37.